The molecule has 6 heteroatoms. The minimum Gasteiger partial charge on any atom is -0.482 e. The first-order valence-electron chi connectivity index (χ1n) is 5.83. The van der Waals surface area contributed by atoms with Gasteiger partial charge in [0.15, 0.2) is 0 Å². The van der Waals surface area contributed by atoms with Crippen molar-refractivity contribution in [1.29, 1.82) is 0 Å². The second-order valence-electron chi connectivity index (χ2n) is 4.42. The molecule has 19 heavy (non-hydrogen) atoms. The lowest BCUT2D eigenvalue weighted by atomic mass is 10.1. The molecule has 1 aromatic heterocycles. The highest BCUT2D eigenvalue weighted by molar-refractivity contribution is 6.35. The minimum absolute atomic E-state index is 0.198. The first kappa shape index (κ1) is 14.2. The van der Waals surface area contributed by atoms with Gasteiger partial charge in [-0.15, -0.1) is 0 Å². The van der Waals surface area contributed by atoms with E-state index in [4.69, 9.17) is 33.7 Å². The van der Waals surface area contributed by atoms with Crippen molar-refractivity contribution < 1.29 is 4.74 Å². The van der Waals surface area contributed by atoms with Crippen LogP contribution >= 0.6 is 23.2 Å². The van der Waals surface area contributed by atoms with Crippen LogP contribution in [0.1, 0.15) is 18.6 Å². The number of aryl methyl sites for hydroxylation is 1. The highest BCUT2D eigenvalue weighted by Crippen LogP contribution is 2.32. The fourth-order valence-electron chi connectivity index (χ4n) is 1.77. The number of benzene rings is 1. The average molecular weight is 300 g/mol. The van der Waals surface area contributed by atoms with Crippen LogP contribution in [0.2, 0.25) is 10.0 Å². The maximum Gasteiger partial charge on any atom is 0.142 e. The van der Waals surface area contributed by atoms with Crippen molar-refractivity contribution in [3.63, 3.8) is 0 Å². The molecule has 0 bridgehead atoms. The van der Waals surface area contributed by atoms with Crippen molar-refractivity contribution in [2.24, 2.45) is 12.8 Å². The summed E-state index contributed by atoms with van der Waals surface area (Å²) in [5.74, 6) is 0.553. The molecule has 0 spiro atoms. The smallest absolute Gasteiger partial charge is 0.142 e. The molecule has 0 aliphatic rings. The Balaban J connectivity index is 2.26. The van der Waals surface area contributed by atoms with Crippen molar-refractivity contribution >= 4 is 23.2 Å². The van der Waals surface area contributed by atoms with Crippen LogP contribution in [0, 0.1) is 0 Å². The molecule has 1 heterocycles. The molecule has 0 aliphatic carbocycles. The van der Waals surface area contributed by atoms with E-state index in [0.717, 1.165) is 5.56 Å². The Bertz CT molecular complexity index is 569. The Hall–Kier alpha value is -1.23. The van der Waals surface area contributed by atoms with Gasteiger partial charge in [-0.3, -0.25) is 4.68 Å². The summed E-state index contributed by atoms with van der Waals surface area (Å²) in [5.41, 5.74) is 6.88. The number of hydrogen-bond donors (Lipinski definition) is 1. The van der Waals surface area contributed by atoms with E-state index in [0.29, 0.717) is 15.8 Å². The second-order valence-corrected chi connectivity index (χ2v) is 5.26. The van der Waals surface area contributed by atoms with E-state index >= 15 is 0 Å². The highest BCUT2D eigenvalue weighted by Gasteiger charge is 2.21. The third-order valence-electron chi connectivity index (χ3n) is 2.68. The number of aromatic nitrogens is 2. The van der Waals surface area contributed by atoms with Crippen LogP contribution in [-0.2, 0) is 7.05 Å². The van der Waals surface area contributed by atoms with Crippen LogP contribution in [0.15, 0.2) is 30.6 Å². The molecule has 0 saturated heterocycles. The highest BCUT2D eigenvalue weighted by atomic mass is 35.5. The van der Waals surface area contributed by atoms with Crippen LogP contribution < -0.4 is 10.5 Å². The second kappa shape index (κ2) is 5.82. The van der Waals surface area contributed by atoms with E-state index in [1.807, 2.05) is 20.2 Å². The first-order valence-corrected chi connectivity index (χ1v) is 6.59. The third kappa shape index (κ3) is 3.41. The van der Waals surface area contributed by atoms with Gasteiger partial charge in [-0.1, -0.05) is 23.2 Å². The van der Waals surface area contributed by atoms with Crippen LogP contribution in [0.4, 0.5) is 0 Å². The lowest BCUT2D eigenvalue weighted by molar-refractivity contribution is 0.180. The molecule has 0 amide bonds. The Morgan fingerprint density at radius 2 is 2.11 bits per heavy atom. The number of rotatable bonds is 4. The maximum absolute atomic E-state index is 6.10. The minimum atomic E-state index is -0.313. The first-order chi connectivity index (χ1) is 8.97. The van der Waals surface area contributed by atoms with E-state index < -0.39 is 0 Å². The van der Waals surface area contributed by atoms with Crippen molar-refractivity contribution in [2.75, 3.05) is 0 Å². The molecule has 0 radical (unpaired) electrons. The third-order valence-corrected chi connectivity index (χ3v) is 3.21. The molecule has 4 nitrogen and oxygen atoms in total. The molecule has 2 rings (SSSR count). The van der Waals surface area contributed by atoms with Gasteiger partial charge in [0.25, 0.3) is 0 Å². The van der Waals surface area contributed by atoms with Gasteiger partial charge in [0.1, 0.15) is 11.9 Å². The van der Waals surface area contributed by atoms with Crippen molar-refractivity contribution in [3.8, 4) is 5.75 Å². The standard InChI is InChI=1S/C13H15Cl2N3O/c1-8(16)13(9-6-17-18(2)7-9)19-12-4-3-10(14)5-11(12)15/h3-8,13H,16H2,1-2H3. The van der Waals surface area contributed by atoms with E-state index in [1.54, 1.807) is 29.1 Å². The van der Waals surface area contributed by atoms with Crippen LogP contribution in [0.5, 0.6) is 5.75 Å². The molecular weight excluding hydrogens is 285 g/mol. The lowest BCUT2D eigenvalue weighted by Gasteiger charge is -2.22. The molecule has 2 N–H and O–H groups in total. The molecular formula is C13H15Cl2N3O. The molecule has 2 unspecified atom stereocenters. The van der Waals surface area contributed by atoms with Crippen molar-refractivity contribution in [3.05, 3.63) is 46.2 Å². The van der Waals surface area contributed by atoms with Gasteiger partial charge >= 0.3 is 0 Å². The lowest BCUT2D eigenvalue weighted by Crippen LogP contribution is -2.28. The molecule has 0 saturated carbocycles. The largest absolute Gasteiger partial charge is 0.482 e. The number of halogens is 2. The SMILES string of the molecule is CC(N)C(Oc1ccc(Cl)cc1Cl)c1cnn(C)c1. The normalized spacial score (nSPS) is 14.2. The summed E-state index contributed by atoms with van der Waals surface area (Å²) >= 11 is 12.0. The zero-order valence-corrected chi connectivity index (χ0v) is 12.2. The topological polar surface area (TPSA) is 53.1 Å². The summed E-state index contributed by atoms with van der Waals surface area (Å²) in [6.07, 6.45) is 3.29. The predicted molar refractivity (Wildman–Crippen MR) is 76.7 cm³/mol. The van der Waals surface area contributed by atoms with Gasteiger partial charge in [0, 0.05) is 29.9 Å². The predicted octanol–water partition coefficient (Wildman–Crippen LogP) is 3.19. The monoisotopic (exact) mass is 299 g/mol. The molecule has 102 valence electrons. The number of hydrogen-bond acceptors (Lipinski definition) is 3. The Morgan fingerprint density at radius 1 is 1.37 bits per heavy atom. The van der Waals surface area contributed by atoms with Gasteiger partial charge in [-0.25, -0.2) is 0 Å². The summed E-state index contributed by atoms with van der Waals surface area (Å²) in [7, 11) is 1.84. The molecule has 0 aliphatic heterocycles. The average Bonchev–Trinajstić information content (AvgIpc) is 2.74. The van der Waals surface area contributed by atoms with Crippen LogP contribution in [-0.4, -0.2) is 15.8 Å². The Kier molecular flexibility index (Phi) is 4.34. The van der Waals surface area contributed by atoms with Crippen LogP contribution in [0.3, 0.4) is 0 Å². The molecule has 2 atom stereocenters. The van der Waals surface area contributed by atoms with Gasteiger partial charge in [-0.05, 0) is 25.1 Å². The Labute approximate surface area is 122 Å². The van der Waals surface area contributed by atoms with Gasteiger partial charge < -0.3 is 10.5 Å². The van der Waals surface area contributed by atoms with E-state index in [1.165, 1.54) is 0 Å². The van der Waals surface area contributed by atoms with Gasteiger partial charge in [-0.2, -0.15) is 5.10 Å². The quantitative estimate of drug-likeness (QED) is 0.943. The molecule has 0 fully saturated rings. The van der Waals surface area contributed by atoms with Gasteiger partial charge in [0.2, 0.25) is 0 Å². The molecule has 2 aromatic rings. The van der Waals surface area contributed by atoms with Crippen LogP contribution in [0.25, 0.3) is 0 Å². The fraction of sp³-hybridized carbons (Fsp3) is 0.308. The van der Waals surface area contributed by atoms with E-state index in [2.05, 4.69) is 5.10 Å². The zero-order chi connectivity index (χ0) is 14.0. The zero-order valence-electron chi connectivity index (χ0n) is 10.7. The van der Waals surface area contributed by atoms with Gasteiger partial charge in [0.05, 0.1) is 11.2 Å². The fourth-order valence-corrected chi connectivity index (χ4v) is 2.23. The number of nitrogens with two attached hydrogens (primary N) is 1. The summed E-state index contributed by atoms with van der Waals surface area (Å²) in [6.45, 7) is 1.88. The maximum atomic E-state index is 6.10. The molecule has 1 aromatic carbocycles. The summed E-state index contributed by atoms with van der Waals surface area (Å²) in [4.78, 5) is 0. The Morgan fingerprint density at radius 3 is 2.63 bits per heavy atom. The van der Waals surface area contributed by atoms with E-state index in [-0.39, 0.29) is 12.1 Å². The van der Waals surface area contributed by atoms with E-state index in [9.17, 15) is 0 Å². The summed E-state index contributed by atoms with van der Waals surface area (Å²) < 4.78 is 7.60. The van der Waals surface area contributed by atoms with Crippen molar-refractivity contribution in [2.45, 2.75) is 19.1 Å². The summed E-state index contributed by atoms with van der Waals surface area (Å²) in [5, 5.41) is 5.15. The van der Waals surface area contributed by atoms with Crippen molar-refractivity contribution in [1.82, 2.24) is 9.78 Å². The summed E-state index contributed by atoms with van der Waals surface area (Å²) in [6, 6.07) is 4.90. The number of ether oxygens (including phenoxy) is 1. The number of nitrogens with zero attached hydrogens (tertiary/aromatic N) is 2.